The standard InChI is InChI=1S/C11H15BrClN3O/c12-3-6-17-10-1-4-16(5-2-10)11-14-7-9(13)8-15-11/h7-8,10H,1-6H2. The van der Waals surface area contributed by atoms with Crippen LogP contribution in [0, 0.1) is 0 Å². The Morgan fingerprint density at radius 3 is 2.59 bits per heavy atom. The Morgan fingerprint density at radius 2 is 2.00 bits per heavy atom. The quantitative estimate of drug-likeness (QED) is 0.799. The number of alkyl halides is 1. The van der Waals surface area contributed by atoms with Gasteiger partial charge in [-0.15, -0.1) is 0 Å². The van der Waals surface area contributed by atoms with Crippen LogP contribution in [0.25, 0.3) is 0 Å². The minimum absolute atomic E-state index is 0.371. The number of aromatic nitrogens is 2. The van der Waals surface area contributed by atoms with Crippen molar-refractivity contribution in [1.82, 2.24) is 9.97 Å². The smallest absolute Gasteiger partial charge is 0.225 e. The van der Waals surface area contributed by atoms with Gasteiger partial charge in [-0.05, 0) is 12.8 Å². The number of piperidine rings is 1. The summed E-state index contributed by atoms with van der Waals surface area (Å²) in [5, 5.41) is 1.47. The molecule has 94 valence electrons. The summed E-state index contributed by atoms with van der Waals surface area (Å²) in [5.41, 5.74) is 0. The van der Waals surface area contributed by atoms with Crippen molar-refractivity contribution >= 4 is 33.5 Å². The normalized spacial score (nSPS) is 17.4. The number of nitrogens with zero attached hydrogens (tertiary/aromatic N) is 3. The average Bonchev–Trinajstić information content (AvgIpc) is 2.38. The molecule has 1 aliphatic rings. The van der Waals surface area contributed by atoms with Gasteiger partial charge in [-0.25, -0.2) is 9.97 Å². The highest BCUT2D eigenvalue weighted by Gasteiger charge is 2.20. The number of ether oxygens (including phenoxy) is 1. The molecule has 0 aliphatic carbocycles. The van der Waals surface area contributed by atoms with E-state index in [-0.39, 0.29) is 0 Å². The molecule has 0 aromatic carbocycles. The summed E-state index contributed by atoms with van der Waals surface area (Å²) in [5.74, 6) is 0.758. The fourth-order valence-corrected chi connectivity index (χ4v) is 2.19. The lowest BCUT2D eigenvalue weighted by Gasteiger charge is -2.31. The average molecular weight is 321 g/mol. The summed E-state index contributed by atoms with van der Waals surface area (Å²) in [4.78, 5) is 10.6. The Labute approximate surface area is 114 Å². The Kier molecular flexibility index (Phi) is 5.00. The van der Waals surface area contributed by atoms with E-state index in [1.165, 1.54) is 0 Å². The molecule has 6 heteroatoms. The highest BCUT2D eigenvalue weighted by molar-refractivity contribution is 9.09. The molecule has 0 atom stereocenters. The first-order valence-corrected chi connectivity index (χ1v) is 7.19. The van der Waals surface area contributed by atoms with Crippen LogP contribution in [-0.4, -0.2) is 41.1 Å². The second-order valence-corrected chi connectivity index (χ2v) is 5.18. The van der Waals surface area contributed by atoms with Gasteiger partial charge in [0.1, 0.15) is 0 Å². The van der Waals surface area contributed by atoms with E-state index in [0.29, 0.717) is 11.1 Å². The lowest BCUT2D eigenvalue weighted by atomic mass is 10.1. The van der Waals surface area contributed by atoms with Gasteiger partial charge in [-0.3, -0.25) is 0 Å². The third-order valence-electron chi connectivity index (χ3n) is 2.76. The van der Waals surface area contributed by atoms with Crippen molar-refractivity contribution in [1.29, 1.82) is 0 Å². The number of anilines is 1. The van der Waals surface area contributed by atoms with Gasteiger partial charge in [0.05, 0.1) is 30.1 Å². The van der Waals surface area contributed by atoms with Crippen LogP contribution in [-0.2, 0) is 4.74 Å². The summed E-state index contributed by atoms with van der Waals surface area (Å²) in [6, 6.07) is 0. The van der Waals surface area contributed by atoms with Crippen LogP contribution in [0.15, 0.2) is 12.4 Å². The van der Waals surface area contributed by atoms with E-state index in [4.69, 9.17) is 16.3 Å². The van der Waals surface area contributed by atoms with Crippen molar-refractivity contribution in [2.24, 2.45) is 0 Å². The molecule has 0 bridgehead atoms. The van der Waals surface area contributed by atoms with Gasteiger partial charge >= 0.3 is 0 Å². The molecule has 0 N–H and O–H groups in total. The van der Waals surface area contributed by atoms with Crippen molar-refractivity contribution < 1.29 is 4.74 Å². The molecule has 0 radical (unpaired) electrons. The molecular formula is C11H15BrClN3O. The second-order valence-electron chi connectivity index (χ2n) is 3.95. The van der Waals surface area contributed by atoms with Gasteiger partial charge in [0, 0.05) is 18.4 Å². The van der Waals surface area contributed by atoms with Crippen LogP contribution in [0.3, 0.4) is 0 Å². The van der Waals surface area contributed by atoms with Gasteiger partial charge in [0.15, 0.2) is 0 Å². The zero-order valence-corrected chi connectivity index (χ0v) is 11.8. The minimum Gasteiger partial charge on any atom is -0.377 e. The zero-order valence-electron chi connectivity index (χ0n) is 9.48. The van der Waals surface area contributed by atoms with Crippen molar-refractivity contribution in [2.75, 3.05) is 29.9 Å². The Balaban J connectivity index is 1.84. The monoisotopic (exact) mass is 319 g/mol. The Bertz CT molecular complexity index is 341. The summed E-state index contributed by atoms with van der Waals surface area (Å²) in [7, 11) is 0. The fraction of sp³-hybridized carbons (Fsp3) is 0.636. The lowest BCUT2D eigenvalue weighted by molar-refractivity contribution is 0.0479. The predicted molar refractivity (Wildman–Crippen MR) is 72.0 cm³/mol. The highest BCUT2D eigenvalue weighted by atomic mass is 79.9. The summed E-state index contributed by atoms with van der Waals surface area (Å²) in [6.07, 6.45) is 5.70. The number of hydrogen-bond acceptors (Lipinski definition) is 4. The van der Waals surface area contributed by atoms with E-state index in [2.05, 4.69) is 30.8 Å². The van der Waals surface area contributed by atoms with E-state index in [9.17, 15) is 0 Å². The molecule has 4 nitrogen and oxygen atoms in total. The molecule has 1 aromatic heterocycles. The summed E-state index contributed by atoms with van der Waals surface area (Å²) < 4.78 is 5.70. The fourth-order valence-electron chi connectivity index (χ4n) is 1.90. The first-order chi connectivity index (χ1) is 8.29. The molecule has 17 heavy (non-hydrogen) atoms. The first kappa shape index (κ1) is 13.1. The molecule has 0 amide bonds. The van der Waals surface area contributed by atoms with Crippen molar-refractivity contribution in [3.63, 3.8) is 0 Å². The molecule has 0 saturated carbocycles. The van der Waals surface area contributed by atoms with Crippen LogP contribution in [0.4, 0.5) is 5.95 Å². The van der Waals surface area contributed by atoms with E-state index in [0.717, 1.165) is 43.8 Å². The van der Waals surface area contributed by atoms with Crippen LogP contribution in [0.2, 0.25) is 5.02 Å². The van der Waals surface area contributed by atoms with Crippen molar-refractivity contribution in [2.45, 2.75) is 18.9 Å². The van der Waals surface area contributed by atoms with E-state index in [1.54, 1.807) is 12.4 Å². The molecule has 2 rings (SSSR count). The molecule has 1 aromatic rings. The molecular weight excluding hydrogens is 305 g/mol. The van der Waals surface area contributed by atoms with Gasteiger partial charge in [0.25, 0.3) is 0 Å². The van der Waals surface area contributed by atoms with E-state index >= 15 is 0 Å². The summed E-state index contributed by atoms with van der Waals surface area (Å²) in [6.45, 7) is 2.66. The zero-order chi connectivity index (χ0) is 12.1. The van der Waals surface area contributed by atoms with Crippen LogP contribution < -0.4 is 4.90 Å². The number of rotatable bonds is 4. The predicted octanol–water partition coefficient (Wildman–Crippen LogP) is 2.51. The largest absolute Gasteiger partial charge is 0.377 e. The van der Waals surface area contributed by atoms with Crippen molar-refractivity contribution in [3.8, 4) is 0 Å². The van der Waals surface area contributed by atoms with E-state index < -0.39 is 0 Å². The third-order valence-corrected chi connectivity index (χ3v) is 3.28. The lowest BCUT2D eigenvalue weighted by Crippen LogP contribution is -2.38. The molecule has 1 fully saturated rings. The van der Waals surface area contributed by atoms with Gasteiger partial charge in [0.2, 0.25) is 5.95 Å². The first-order valence-electron chi connectivity index (χ1n) is 5.69. The van der Waals surface area contributed by atoms with Gasteiger partial charge in [-0.1, -0.05) is 27.5 Å². The van der Waals surface area contributed by atoms with Gasteiger partial charge in [-0.2, -0.15) is 0 Å². The van der Waals surface area contributed by atoms with E-state index in [1.807, 2.05) is 0 Å². The highest BCUT2D eigenvalue weighted by Crippen LogP contribution is 2.18. The molecule has 0 spiro atoms. The maximum Gasteiger partial charge on any atom is 0.225 e. The number of hydrogen-bond donors (Lipinski definition) is 0. The van der Waals surface area contributed by atoms with Crippen molar-refractivity contribution in [3.05, 3.63) is 17.4 Å². The summed E-state index contributed by atoms with van der Waals surface area (Å²) >= 11 is 9.13. The topological polar surface area (TPSA) is 38.2 Å². The van der Waals surface area contributed by atoms with Crippen LogP contribution in [0.1, 0.15) is 12.8 Å². The maximum absolute atomic E-state index is 5.76. The Morgan fingerprint density at radius 1 is 1.35 bits per heavy atom. The number of halogens is 2. The SMILES string of the molecule is Clc1cnc(N2CCC(OCCBr)CC2)nc1. The Hall–Kier alpha value is -0.390. The van der Waals surface area contributed by atoms with Crippen LogP contribution >= 0.6 is 27.5 Å². The van der Waals surface area contributed by atoms with Crippen LogP contribution in [0.5, 0.6) is 0 Å². The van der Waals surface area contributed by atoms with Gasteiger partial charge < -0.3 is 9.64 Å². The molecule has 0 unspecified atom stereocenters. The molecule has 1 aliphatic heterocycles. The second kappa shape index (κ2) is 6.52. The minimum atomic E-state index is 0.371. The molecule has 2 heterocycles. The molecule has 1 saturated heterocycles. The maximum atomic E-state index is 5.76. The third kappa shape index (κ3) is 3.79.